The predicted molar refractivity (Wildman–Crippen MR) is 232 cm³/mol. The molecular formula is C48H65N3O10. The Morgan fingerprint density at radius 1 is 0.984 bits per heavy atom. The zero-order chi connectivity index (χ0) is 43.0. The molecule has 2 aromatic rings. The summed E-state index contributed by atoms with van der Waals surface area (Å²) >= 11 is 0. The number of unbranched alkanes of at least 4 members (excludes halogenated alkanes) is 2. The van der Waals surface area contributed by atoms with E-state index in [2.05, 4.69) is 30.2 Å². The maximum absolute atomic E-state index is 14.7. The normalized spacial score (nSPS) is 25.4. The number of carbonyl (C=O) groups excluding carboxylic acids is 1. The number of hydrogen-bond acceptors (Lipinski definition) is 12. The average Bonchev–Trinajstić information content (AvgIpc) is 3.95. The first-order valence-corrected chi connectivity index (χ1v) is 22.1. The smallest absolute Gasteiger partial charge is 0.410 e. The number of hydrogen-bond donors (Lipinski definition) is 2. The van der Waals surface area contributed by atoms with Crippen molar-refractivity contribution in [1.29, 1.82) is 0 Å². The van der Waals surface area contributed by atoms with E-state index in [9.17, 15) is 15.0 Å². The summed E-state index contributed by atoms with van der Waals surface area (Å²) in [6.45, 7) is 18.2. The molecule has 13 nitrogen and oxygen atoms in total. The van der Waals surface area contributed by atoms with Crippen molar-refractivity contribution < 1.29 is 48.3 Å². The van der Waals surface area contributed by atoms with Crippen molar-refractivity contribution in [2.45, 2.75) is 102 Å². The zero-order valence-corrected chi connectivity index (χ0v) is 36.2. The van der Waals surface area contributed by atoms with Crippen LogP contribution >= 0.6 is 0 Å². The Balaban J connectivity index is 1.43. The summed E-state index contributed by atoms with van der Waals surface area (Å²) in [7, 11) is 0. The van der Waals surface area contributed by atoms with Crippen molar-refractivity contribution in [3.8, 4) is 23.0 Å². The third kappa shape index (κ3) is 10.4. The van der Waals surface area contributed by atoms with E-state index in [1.54, 1.807) is 17.1 Å². The van der Waals surface area contributed by atoms with Crippen LogP contribution in [-0.2, 0) is 20.9 Å². The monoisotopic (exact) mass is 843 g/mol. The number of nitrogens with zero attached hydrogens (tertiary/aromatic N) is 3. The topological polar surface area (TPSA) is 141 Å². The molecule has 2 fully saturated rings. The lowest BCUT2D eigenvalue weighted by Gasteiger charge is -2.60. The minimum absolute atomic E-state index is 0.0755. The van der Waals surface area contributed by atoms with Gasteiger partial charge in [0.2, 0.25) is 12.6 Å². The summed E-state index contributed by atoms with van der Waals surface area (Å²) in [6.07, 6.45) is 10.7. The minimum atomic E-state index is -1.45. The van der Waals surface area contributed by atoms with Crippen LogP contribution in [-0.4, -0.2) is 109 Å². The van der Waals surface area contributed by atoms with Crippen molar-refractivity contribution in [2.75, 3.05) is 59.5 Å². The van der Waals surface area contributed by atoms with Gasteiger partial charge in [-0.15, -0.1) is 13.2 Å². The van der Waals surface area contributed by atoms with Crippen LogP contribution in [0.25, 0.3) is 0 Å². The second-order valence-corrected chi connectivity index (χ2v) is 17.7. The van der Waals surface area contributed by atoms with Gasteiger partial charge in [0.1, 0.15) is 29.7 Å². The van der Waals surface area contributed by atoms with E-state index in [0.29, 0.717) is 48.8 Å². The molecule has 2 aromatic carbocycles. The molecule has 3 heterocycles. The second kappa shape index (κ2) is 20.1. The van der Waals surface area contributed by atoms with Gasteiger partial charge in [-0.1, -0.05) is 42.3 Å². The van der Waals surface area contributed by atoms with E-state index >= 15 is 0 Å². The third-order valence-corrected chi connectivity index (χ3v) is 12.2. The quantitative estimate of drug-likeness (QED) is 0.0520. The maximum Gasteiger partial charge on any atom is 0.410 e. The molecule has 13 heteroatoms. The molecule has 0 bridgehead atoms. The van der Waals surface area contributed by atoms with Gasteiger partial charge in [0, 0.05) is 57.3 Å². The predicted octanol–water partition coefficient (Wildman–Crippen LogP) is 7.76. The molecule has 1 amide bonds. The van der Waals surface area contributed by atoms with Crippen LogP contribution in [0.1, 0.15) is 89.2 Å². The Morgan fingerprint density at radius 3 is 2.49 bits per heavy atom. The molecule has 0 aromatic heterocycles. The zero-order valence-electron chi connectivity index (χ0n) is 36.2. The summed E-state index contributed by atoms with van der Waals surface area (Å²) in [5.41, 5.74) is 2.88. The van der Waals surface area contributed by atoms with Crippen molar-refractivity contribution in [2.24, 2.45) is 22.9 Å². The number of aliphatic hydroxyl groups excluding tert-OH is 2. The highest BCUT2D eigenvalue weighted by atomic mass is 16.7. The van der Waals surface area contributed by atoms with Gasteiger partial charge in [0.15, 0.2) is 11.5 Å². The van der Waals surface area contributed by atoms with Gasteiger partial charge in [-0.3, -0.25) is 9.80 Å². The minimum Gasteiger partial charge on any atom is -0.492 e. The van der Waals surface area contributed by atoms with Gasteiger partial charge in [0.05, 0.1) is 24.8 Å². The van der Waals surface area contributed by atoms with E-state index in [0.717, 1.165) is 67.8 Å². The van der Waals surface area contributed by atoms with Crippen LogP contribution in [0.3, 0.4) is 0 Å². The van der Waals surface area contributed by atoms with Crippen LogP contribution in [0.2, 0.25) is 0 Å². The molecule has 2 N–H and O–H groups in total. The van der Waals surface area contributed by atoms with Gasteiger partial charge in [0.25, 0.3) is 0 Å². The summed E-state index contributed by atoms with van der Waals surface area (Å²) in [5.74, 6) is 0.736. The molecular weight excluding hydrogens is 779 g/mol. The van der Waals surface area contributed by atoms with E-state index < -0.39 is 29.4 Å². The fraction of sp³-hybridized carbons (Fsp3) is 0.583. The molecule has 7 rings (SSSR count). The Morgan fingerprint density at radius 2 is 1.75 bits per heavy atom. The van der Waals surface area contributed by atoms with Crippen molar-refractivity contribution in [1.82, 2.24) is 9.80 Å². The number of carbonyl (C=O) groups is 1. The van der Waals surface area contributed by atoms with E-state index in [1.165, 1.54) is 0 Å². The molecule has 1 saturated heterocycles. The van der Waals surface area contributed by atoms with Crippen LogP contribution in [0.4, 0.5) is 4.79 Å². The molecule has 3 aliphatic heterocycles. The van der Waals surface area contributed by atoms with Gasteiger partial charge in [-0.05, 0) is 106 Å². The van der Waals surface area contributed by atoms with Crippen molar-refractivity contribution >= 4 is 11.8 Å². The summed E-state index contributed by atoms with van der Waals surface area (Å²) in [5, 5.41) is 24.8. The summed E-state index contributed by atoms with van der Waals surface area (Å²) in [6, 6.07) is 11.0. The number of fused-ring (bicyclic) bond motifs is 3. The Bertz CT molecular complexity index is 1910. The number of ether oxygens (including phenoxy) is 6. The third-order valence-electron chi connectivity index (χ3n) is 12.2. The van der Waals surface area contributed by atoms with E-state index in [1.807, 2.05) is 51.1 Å². The molecule has 61 heavy (non-hydrogen) atoms. The van der Waals surface area contributed by atoms with E-state index in [-0.39, 0.29) is 63.9 Å². The second-order valence-electron chi connectivity index (χ2n) is 17.7. The molecule has 5 aliphatic rings. The first-order valence-electron chi connectivity index (χ1n) is 22.1. The first-order chi connectivity index (χ1) is 29.6. The summed E-state index contributed by atoms with van der Waals surface area (Å²) in [4.78, 5) is 25.1. The number of allylic oxidation sites excluding steroid dienone is 1. The van der Waals surface area contributed by atoms with Crippen molar-refractivity contribution in [3.05, 3.63) is 84.5 Å². The fourth-order valence-corrected chi connectivity index (χ4v) is 9.37. The molecule has 2 aliphatic carbocycles. The maximum atomic E-state index is 14.7. The molecule has 332 valence electrons. The number of aliphatic hydroxyl groups is 2. The SMILES string of the molecule is C=CCCOC(=O)N(Cc1ccc2c(c1)OCO2)C1CC(=NOC(C)(C)C)C2=CC(CCCCO)C(CCCCO)C3c4cc(OCCN5CC5)ccc4OC1(OCC=C)C23. The van der Waals surface area contributed by atoms with Crippen LogP contribution in [0.15, 0.2) is 78.5 Å². The number of oxime groups is 1. The average molecular weight is 844 g/mol. The van der Waals surface area contributed by atoms with E-state index in [4.69, 9.17) is 38.4 Å². The molecule has 6 atom stereocenters. The lowest BCUT2D eigenvalue weighted by Crippen LogP contribution is -2.70. The highest BCUT2D eigenvalue weighted by Gasteiger charge is 2.65. The van der Waals surface area contributed by atoms with Crippen LogP contribution < -0.4 is 18.9 Å². The Labute approximate surface area is 360 Å². The van der Waals surface area contributed by atoms with Crippen LogP contribution in [0.5, 0.6) is 23.0 Å². The highest BCUT2D eigenvalue weighted by Crippen LogP contribution is 2.62. The number of rotatable bonds is 22. The molecule has 1 saturated carbocycles. The van der Waals surface area contributed by atoms with Gasteiger partial charge < -0.3 is 43.5 Å². The standard InChI is InChI=1S/C48H65N3O10/c1-6-8-25-56-46(54)51(31-33-15-17-41-42(27-33)58-32-57-41)43-30-39(49-61-47(3,4)5)37-28-34(13-9-11-22-52)36(14-10-12-23-53)44-38-29-35(55-26-21-50-19-20-50)16-18-40(38)60-48(43,45(37)44)59-24-7-2/h6-7,15-18,27-29,34,36,43-45,52-53H,1-2,8-14,19-26,30-32H2,3-5H3. The Hall–Kier alpha value is -4.56. The van der Waals surface area contributed by atoms with Crippen molar-refractivity contribution in [3.63, 3.8) is 0 Å². The summed E-state index contributed by atoms with van der Waals surface area (Å²) < 4.78 is 38.3. The molecule has 0 radical (unpaired) electrons. The highest BCUT2D eigenvalue weighted by molar-refractivity contribution is 6.03. The van der Waals surface area contributed by atoms with Crippen LogP contribution in [0, 0.1) is 17.8 Å². The Kier molecular flexibility index (Phi) is 14.7. The molecule has 6 unspecified atom stereocenters. The lowest BCUT2D eigenvalue weighted by atomic mass is 9.55. The fourth-order valence-electron chi connectivity index (χ4n) is 9.37. The number of benzene rings is 2. The molecule has 0 spiro atoms. The lowest BCUT2D eigenvalue weighted by molar-refractivity contribution is -0.256. The van der Waals surface area contributed by atoms with Gasteiger partial charge >= 0.3 is 6.09 Å². The largest absolute Gasteiger partial charge is 0.492 e. The number of amides is 1. The van der Waals surface area contributed by atoms with Gasteiger partial charge in [-0.2, -0.15) is 0 Å². The van der Waals surface area contributed by atoms with Gasteiger partial charge in [-0.25, -0.2) is 4.79 Å². The first kappa shape index (κ1) is 44.5.